The number of rotatable bonds is 5. The molecular formula is C10H18N2S4. The van der Waals surface area contributed by atoms with Gasteiger partial charge in [0.2, 0.25) is 0 Å². The van der Waals surface area contributed by atoms with Gasteiger partial charge in [0.05, 0.1) is 9.79 Å². The Morgan fingerprint density at radius 3 is 1.31 bits per heavy atom. The molecule has 92 valence electrons. The van der Waals surface area contributed by atoms with Crippen LogP contribution in [0.4, 0.5) is 0 Å². The van der Waals surface area contributed by atoms with Crippen LogP contribution >= 0.6 is 47.0 Å². The van der Waals surface area contributed by atoms with Crippen molar-refractivity contribution in [3.05, 3.63) is 0 Å². The van der Waals surface area contributed by atoms with Gasteiger partial charge >= 0.3 is 0 Å². The maximum atomic E-state index is 2.30. The third kappa shape index (κ3) is 2.49. The molecule has 0 saturated carbocycles. The molecule has 1 heterocycles. The lowest BCUT2D eigenvalue weighted by Gasteiger charge is -2.20. The summed E-state index contributed by atoms with van der Waals surface area (Å²) in [5.41, 5.74) is 0. The minimum atomic E-state index is 1.34. The summed E-state index contributed by atoms with van der Waals surface area (Å²) >= 11 is 7.30. The normalized spacial score (nSPS) is 10.9. The molecule has 0 aliphatic rings. The molecule has 0 aliphatic carbocycles. The minimum Gasteiger partial charge on any atom is -0.317 e. The first-order valence-corrected chi connectivity index (χ1v) is 9.64. The van der Waals surface area contributed by atoms with E-state index in [0.717, 1.165) is 0 Å². The van der Waals surface area contributed by atoms with Crippen LogP contribution in [0.15, 0.2) is 19.8 Å². The Morgan fingerprint density at radius 1 is 0.750 bits per heavy atom. The van der Waals surface area contributed by atoms with Crippen molar-refractivity contribution in [2.24, 2.45) is 0 Å². The summed E-state index contributed by atoms with van der Waals surface area (Å²) in [5.74, 6) is 0. The first-order chi connectivity index (χ1) is 7.62. The Balaban J connectivity index is 3.49. The van der Waals surface area contributed by atoms with Crippen LogP contribution in [0.1, 0.15) is 0 Å². The van der Waals surface area contributed by atoms with Gasteiger partial charge in [-0.15, -0.1) is 47.0 Å². The summed E-state index contributed by atoms with van der Waals surface area (Å²) in [6.45, 7) is 0. The zero-order valence-corrected chi connectivity index (χ0v) is 13.8. The standard InChI is InChI=1S/C10H18N2S4/c1-11(2)12-9(15-5)7(13-3)8(14-4)10(12)16-6/h1-6H3. The van der Waals surface area contributed by atoms with Crippen LogP contribution in [0.3, 0.4) is 0 Å². The lowest BCUT2D eigenvalue weighted by Crippen LogP contribution is -2.26. The van der Waals surface area contributed by atoms with Crippen molar-refractivity contribution in [3.8, 4) is 0 Å². The molecule has 0 fully saturated rings. The van der Waals surface area contributed by atoms with Crippen LogP contribution in [0, 0.1) is 0 Å². The zero-order chi connectivity index (χ0) is 12.3. The molecule has 6 heteroatoms. The Morgan fingerprint density at radius 2 is 1.12 bits per heavy atom. The number of hydrogen-bond acceptors (Lipinski definition) is 5. The lowest BCUT2D eigenvalue weighted by atomic mass is 10.6. The van der Waals surface area contributed by atoms with Crippen molar-refractivity contribution in [1.29, 1.82) is 0 Å². The second-order valence-electron chi connectivity index (χ2n) is 3.24. The SMILES string of the molecule is CSc1c(SC)c(SC)n(N(C)C)c1SC. The molecule has 0 radical (unpaired) electrons. The van der Waals surface area contributed by atoms with Gasteiger partial charge in [-0.1, -0.05) is 0 Å². The van der Waals surface area contributed by atoms with E-state index < -0.39 is 0 Å². The molecule has 0 N–H and O–H groups in total. The molecule has 1 aromatic rings. The Kier molecular flexibility index (Phi) is 5.84. The fraction of sp³-hybridized carbons (Fsp3) is 0.600. The summed E-state index contributed by atoms with van der Waals surface area (Å²) in [4.78, 5) is 2.80. The van der Waals surface area contributed by atoms with Crippen LogP contribution in [-0.4, -0.2) is 43.8 Å². The highest BCUT2D eigenvalue weighted by atomic mass is 32.2. The fourth-order valence-corrected chi connectivity index (χ4v) is 5.76. The third-order valence-electron chi connectivity index (χ3n) is 2.17. The molecule has 0 unspecified atom stereocenters. The van der Waals surface area contributed by atoms with Gasteiger partial charge in [0.15, 0.2) is 0 Å². The Bertz CT molecular complexity index is 331. The predicted molar refractivity (Wildman–Crippen MR) is 81.6 cm³/mol. The van der Waals surface area contributed by atoms with Crippen LogP contribution in [0.2, 0.25) is 0 Å². The average Bonchev–Trinajstić information content (AvgIpc) is 2.60. The predicted octanol–water partition coefficient (Wildman–Crippen LogP) is 3.57. The quantitative estimate of drug-likeness (QED) is 0.765. The van der Waals surface area contributed by atoms with Gasteiger partial charge in [-0.3, -0.25) is 0 Å². The van der Waals surface area contributed by atoms with Crippen LogP contribution in [0.25, 0.3) is 0 Å². The van der Waals surface area contributed by atoms with E-state index in [-0.39, 0.29) is 0 Å². The molecule has 1 rings (SSSR count). The molecule has 2 nitrogen and oxygen atoms in total. The highest BCUT2D eigenvalue weighted by molar-refractivity contribution is 8.04. The van der Waals surface area contributed by atoms with Crippen molar-refractivity contribution < 1.29 is 0 Å². The minimum absolute atomic E-state index is 1.34. The van der Waals surface area contributed by atoms with E-state index in [4.69, 9.17) is 0 Å². The molecule has 0 amide bonds. The molecule has 0 atom stereocenters. The van der Waals surface area contributed by atoms with E-state index in [0.29, 0.717) is 0 Å². The van der Waals surface area contributed by atoms with Gasteiger partial charge < -0.3 is 5.01 Å². The van der Waals surface area contributed by atoms with Crippen molar-refractivity contribution >= 4 is 47.0 Å². The van der Waals surface area contributed by atoms with Crippen LogP contribution in [-0.2, 0) is 0 Å². The highest BCUT2D eigenvalue weighted by Crippen LogP contribution is 2.44. The average molecular weight is 295 g/mol. The van der Waals surface area contributed by atoms with Gasteiger partial charge in [0.25, 0.3) is 0 Å². The largest absolute Gasteiger partial charge is 0.317 e. The first-order valence-electron chi connectivity index (χ1n) is 4.74. The summed E-state index contributed by atoms with van der Waals surface area (Å²) < 4.78 is 2.30. The summed E-state index contributed by atoms with van der Waals surface area (Å²) in [5, 5.41) is 4.83. The molecule has 0 spiro atoms. The third-order valence-corrected chi connectivity index (χ3v) is 5.70. The zero-order valence-electron chi connectivity index (χ0n) is 10.5. The van der Waals surface area contributed by atoms with Crippen molar-refractivity contribution in [1.82, 2.24) is 4.68 Å². The number of thioether (sulfide) groups is 4. The topological polar surface area (TPSA) is 8.17 Å². The second-order valence-corrected chi connectivity index (χ2v) is 6.47. The van der Waals surface area contributed by atoms with E-state index in [9.17, 15) is 0 Å². The van der Waals surface area contributed by atoms with Crippen LogP contribution in [0.5, 0.6) is 0 Å². The molecule has 0 bridgehead atoms. The number of nitrogens with zero attached hydrogens (tertiary/aromatic N) is 2. The van der Waals surface area contributed by atoms with Gasteiger partial charge in [0.1, 0.15) is 10.1 Å². The number of aromatic nitrogens is 1. The Labute approximate surface area is 115 Å². The van der Waals surface area contributed by atoms with Crippen molar-refractivity contribution in [2.45, 2.75) is 19.8 Å². The molecule has 0 saturated heterocycles. The van der Waals surface area contributed by atoms with Crippen molar-refractivity contribution in [2.75, 3.05) is 44.1 Å². The molecule has 16 heavy (non-hydrogen) atoms. The summed E-state index contributed by atoms with van der Waals surface area (Å²) in [7, 11) is 4.18. The number of hydrogen-bond donors (Lipinski definition) is 0. The van der Waals surface area contributed by atoms with Crippen LogP contribution < -0.4 is 5.01 Å². The molecular weight excluding hydrogens is 276 g/mol. The first kappa shape index (κ1) is 14.5. The highest BCUT2D eigenvalue weighted by Gasteiger charge is 2.22. The summed E-state index contributed by atoms with van der Waals surface area (Å²) in [6.07, 6.45) is 8.59. The second kappa shape index (κ2) is 6.42. The molecule has 0 aromatic carbocycles. The molecule has 0 aliphatic heterocycles. The van der Waals surface area contributed by atoms with E-state index in [2.05, 4.69) is 48.8 Å². The van der Waals surface area contributed by atoms with E-state index in [1.54, 1.807) is 0 Å². The Hall–Kier alpha value is 0.480. The fourth-order valence-electron chi connectivity index (χ4n) is 1.56. The van der Waals surface area contributed by atoms with Gasteiger partial charge in [0, 0.05) is 14.1 Å². The van der Waals surface area contributed by atoms with E-state index in [1.165, 1.54) is 19.8 Å². The maximum absolute atomic E-state index is 2.30. The van der Waals surface area contributed by atoms with Gasteiger partial charge in [-0.05, 0) is 25.0 Å². The smallest absolute Gasteiger partial charge is 0.111 e. The maximum Gasteiger partial charge on any atom is 0.111 e. The lowest BCUT2D eigenvalue weighted by molar-refractivity contribution is 0.614. The molecule has 1 aromatic heterocycles. The van der Waals surface area contributed by atoms with E-state index in [1.807, 2.05) is 47.0 Å². The van der Waals surface area contributed by atoms with E-state index >= 15 is 0 Å². The summed E-state index contributed by atoms with van der Waals surface area (Å²) in [6, 6.07) is 0. The monoisotopic (exact) mass is 294 g/mol. The van der Waals surface area contributed by atoms with Gasteiger partial charge in [-0.2, -0.15) is 0 Å². The van der Waals surface area contributed by atoms with Gasteiger partial charge in [-0.25, -0.2) is 4.68 Å². The van der Waals surface area contributed by atoms with Crippen molar-refractivity contribution in [3.63, 3.8) is 0 Å².